The maximum atomic E-state index is 14.3. The topological polar surface area (TPSA) is 59.3 Å². The zero-order chi connectivity index (χ0) is 24.2. The van der Waals surface area contributed by atoms with Crippen LogP contribution in [0.3, 0.4) is 0 Å². The number of carbonyl (C=O) groups is 1. The number of nitriles is 1. The second kappa shape index (κ2) is 10.3. The van der Waals surface area contributed by atoms with E-state index in [4.69, 9.17) is 21.1 Å². The fourth-order valence-electron chi connectivity index (χ4n) is 3.64. The molecule has 0 spiro atoms. The van der Waals surface area contributed by atoms with Crippen LogP contribution in [0.4, 0.5) is 4.39 Å². The van der Waals surface area contributed by atoms with Crippen molar-refractivity contribution >= 4 is 39.0 Å². The first-order valence-corrected chi connectivity index (χ1v) is 11.9. The van der Waals surface area contributed by atoms with Gasteiger partial charge in [0.1, 0.15) is 11.8 Å². The van der Waals surface area contributed by atoms with Gasteiger partial charge in [-0.1, -0.05) is 49.7 Å². The zero-order valence-corrected chi connectivity index (χ0v) is 20.1. The number of para-hydroxylation sites is 1. The maximum Gasteiger partial charge on any atom is 0.316 e. The van der Waals surface area contributed by atoms with Crippen LogP contribution in [0.15, 0.2) is 72.8 Å². The van der Waals surface area contributed by atoms with E-state index >= 15 is 0 Å². The van der Waals surface area contributed by atoms with Gasteiger partial charge < -0.3 is 9.47 Å². The molecule has 1 heterocycles. The first-order chi connectivity index (χ1) is 16.4. The molecule has 0 aliphatic rings. The molecule has 0 aliphatic heterocycles. The SMILES string of the molecule is CC(C)C(C(=O)OC(C#N)c1ccc(F)c(Oc2ccccc2)c1)c1cc2cc(Cl)ccc2s1. The molecule has 0 saturated heterocycles. The lowest BCUT2D eigenvalue weighted by molar-refractivity contribution is -0.149. The minimum absolute atomic E-state index is 0.0539. The second-order valence-electron chi connectivity index (χ2n) is 8.10. The zero-order valence-electron chi connectivity index (χ0n) is 18.5. The highest BCUT2D eigenvalue weighted by Gasteiger charge is 2.30. The lowest BCUT2D eigenvalue weighted by Gasteiger charge is -2.20. The maximum absolute atomic E-state index is 14.3. The molecule has 0 amide bonds. The number of nitrogens with zero attached hydrogens (tertiary/aromatic N) is 1. The van der Waals surface area contributed by atoms with Crippen molar-refractivity contribution in [3.63, 3.8) is 0 Å². The highest BCUT2D eigenvalue weighted by Crippen LogP contribution is 2.38. The second-order valence-corrected chi connectivity index (χ2v) is 9.66. The lowest BCUT2D eigenvalue weighted by Crippen LogP contribution is -2.22. The first kappa shape index (κ1) is 23.7. The number of ether oxygens (including phenoxy) is 2. The fraction of sp³-hybridized carbons (Fsp3) is 0.185. The van der Waals surface area contributed by atoms with Gasteiger partial charge in [-0.25, -0.2) is 4.39 Å². The minimum Gasteiger partial charge on any atom is -0.454 e. The molecule has 0 saturated carbocycles. The van der Waals surface area contributed by atoms with Crippen LogP contribution < -0.4 is 4.74 Å². The summed E-state index contributed by atoms with van der Waals surface area (Å²) in [5, 5.41) is 11.3. The fourth-order valence-corrected chi connectivity index (χ4v) is 5.13. The van der Waals surface area contributed by atoms with E-state index in [0.717, 1.165) is 15.0 Å². The van der Waals surface area contributed by atoms with Crippen molar-refractivity contribution in [2.24, 2.45) is 5.92 Å². The van der Waals surface area contributed by atoms with Crippen LogP contribution in [-0.4, -0.2) is 5.97 Å². The van der Waals surface area contributed by atoms with Crippen molar-refractivity contribution in [3.05, 3.63) is 94.1 Å². The molecule has 7 heteroatoms. The molecule has 0 aliphatic carbocycles. The molecular weight excluding hydrogens is 473 g/mol. The predicted molar refractivity (Wildman–Crippen MR) is 132 cm³/mol. The number of hydrogen-bond acceptors (Lipinski definition) is 5. The van der Waals surface area contributed by atoms with Crippen LogP contribution in [-0.2, 0) is 9.53 Å². The Morgan fingerprint density at radius 1 is 1.06 bits per heavy atom. The summed E-state index contributed by atoms with van der Waals surface area (Å²) in [4.78, 5) is 14.1. The van der Waals surface area contributed by atoms with E-state index in [0.29, 0.717) is 16.3 Å². The summed E-state index contributed by atoms with van der Waals surface area (Å²) in [6.07, 6.45) is -1.21. The summed E-state index contributed by atoms with van der Waals surface area (Å²) in [7, 11) is 0. The van der Waals surface area contributed by atoms with Gasteiger partial charge in [0.2, 0.25) is 6.10 Å². The molecule has 4 rings (SSSR count). The molecule has 4 aromatic rings. The molecule has 0 radical (unpaired) electrons. The van der Waals surface area contributed by atoms with Gasteiger partial charge in [-0.2, -0.15) is 5.26 Å². The number of hydrogen-bond donors (Lipinski definition) is 0. The summed E-state index contributed by atoms with van der Waals surface area (Å²) >= 11 is 7.60. The Bertz CT molecular complexity index is 1360. The van der Waals surface area contributed by atoms with Gasteiger partial charge >= 0.3 is 5.97 Å². The number of benzene rings is 3. The monoisotopic (exact) mass is 493 g/mol. The highest BCUT2D eigenvalue weighted by molar-refractivity contribution is 7.19. The van der Waals surface area contributed by atoms with Crippen molar-refractivity contribution < 1.29 is 18.7 Å². The molecule has 3 aromatic carbocycles. The number of rotatable bonds is 7. The van der Waals surface area contributed by atoms with E-state index in [9.17, 15) is 14.4 Å². The number of thiophene rings is 1. The molecule has 2 atom stereocenters. The molecule has 172 valence electrons. The first-order valence-electron chi connectivity index (χ1n) is 10.7. The summed E-state index contributed by atoms with van der Waals surface area (Å²) in [5.74, 6) is -1.34. The minimum atomic E-state index is -1.21. The van der Waals surface area contributed by atoms with E-state index in [1.54, 1.807) is 24.3 Å². The molecule has 4 nitrogen and oxygen atoms in total. The summed E-state index contributed by atoms with van der Waals surface area (Å²) in [6.45, 7) is 3.85. The van der Waals surface area contributed by atoms with E-state index in [-0.39, 0.29) is 11.7 Å². The smallest absolute Gasteiger partial charge is 0.316 e. The van der Waals surface area contributed by atoms with Crippen LogP contribution in [0.25, 0.3) is 10.1 Å². The Labute approximate surface area is 206 Å². The number of fused-ring (bicyclic) bond motifs is 1. The van der Waals surface area contributed by atoms with Crippen LogP contribution in [0, 0.1) is 23.1 Å². The van der Waals surface area contributed by atoms with Gasteiger partial charge in [0.05, 0.1) is 5.92 Å². The largest absolute Gasteiger partial charge is 0.454 e. The molecule has 0 fully saturated rings. The Kier molecular flexibility index (Phi) is 7.16. The lowest BCUT2D eigenvalue weighted by atomic mass is 9.94. The number of esters is 1. The molecule has 34 heavy (non-hydrogen) atoms. The quantitative estimate of drug-likeness (QED) is 0.244. The summed E-state index contributed by atoms with van der Waals surface area (Å²) < 4.78 is 26.6. The van der Waals surface area contributed by atoms with E-state index in [2.05, 4.69) is 0 Å². The van der Waals surface area contributed by atoms with Crippen LogP contribution in [0.5, 0.6) is 11.5 Å². The van der Waals surface area contributed by atoms with Crippen molar-refractivity contribution in [2.45, 2.75) is 25.9 Å². The van der Waals surface area contributed by atoms with E-state index in [1.807, 2.05) is 50.2 Å². The van der Waals surface area contributed by atoms with E-state index < -0.39 is 23.8 Å². The van der Waals surface area contributed by atoms with Crippen LogP contribution >= 0.6 is 22.9 Å². The van der Waals surface area contributed by atoms with Crippen LogP contribution in [0.1, 0.15) is 36.3 Å². The Hall–Kier alpha value is -3.40. The van der Waals surface area contributed by atoms with Gasteiger partial charge in [0.15, 0.2) is 11.6 Å². The predicted octanol–water partition coefficient (Wildman–Crippen LogP) is 8.03. The molecule has 0 N–H and O–H groups in total. The van der Waals surface area contributed by atoms with Gasteiger partial charge in [-0.15, -0.1) is 11.3 Å². The third-order valence-electron chi connectivity index (χ3n) is 5.30. The van der Waals surface area contributed by atoms with Crippen molar-refractivity contribution in [3.8, 4) is 17.6 Å². The molecular formula is C27H21ClFNO3S. The average molecular weight is 494 g/mol. The normalized spacial score (nSPS) is 12.8. The van der Waals surface area contributed by atoms with Crippen LogP contribution in [0.2, 0.25) is 5.02 Å². The highest BCUT2D eigenvalue weighted by atomic mass is 35.5. The molecule has 0 bridgehead atoms. The summed E-state index contributed by atoms with van der Waals surface area (Å²) in [5.41, 5.74) is 0.328. The molecule has 2 unspecified atom stereocenters. The number of halogens is 2. The Morgan fingerprint density at radius 3 is 2.53 bits per heavy atom. The third kappa shape index (κ3) is 5.22. The van der Waals surface area contributed by atoms with Gasteiger partial charge in [-0.05, 0) is 59.8 Å². The Morgan fingerprint density at radius 2 is 1.82 bits per heavy atom. The standard InChI is InChI=1S/C27H21ClFNO3S/c1-16(2)26(25-14-18-12-19(28)9-11-24(18)34-25)27(31)33-23(15-30)17-8-10-21(29)22(13-17)32-20-6-4-3-5-7-20/h3-14,16,23,26H,1-2H3. The van der Waals surface area contributed by atoms with Gasteiger partial charge in [0.25, 0.3) is 0 Å². The third-order valence-corrected chi connectivity index (χ3v) is 6.74. The molecule has 1 aromatic heterocycles. The van der Waals surface area contributed by atoms with Gasteiger partial charge in [-0.3, -0.25) is 4.79 Å². The van der Waals surface area contributed by atoms with Crippen molar-refractivity contribution in [2.75, 3.05) is 0 Å². The van der Waals surface area contributed by atoms with Crippen molar-refractivity contribution in [1.82, 2.24) is 0 Å². The van der Waals surface area contributed by atoms with E-state index in [1.165, 1.54) is 29.5 Å². The number of carbonyl (C=O) groups excluding carboxylic acids is 1. The van der Waals surface area contributed by atoms with Gasteiger partial charge in [0, 0.05) is 20.2 Å². The average Bonchev–Trinajstić information content (AvgIpc) is 3.21. The van der Waals surface area contributed by atoms with Crippen molar-refractivity contribution in [1.29, 1.82) is 5.26 Å². The Balaban J connectivity index is 1.58. The summed E-state index contributed by atoms with van der Waals surface area (Å²) in [6, 6.07) is 22.3.